The van der Waals surface area contributed by atoms with Crippen LogP contribution in [0.15, 0.2) is 24.3 Å². The maximum Gasteiger partial charge on any atom is 0.306 e. The fraction of sp³-hybridized carbons (Fsp3) is 0.429. The van der Waals surface area contributed by atoms with Crippen molar-refractivity contribution in [1.29, 1.82) is 5.26 Å². The van der Waals surface area contributed by atoms with Crippen molar-refractivity contribution in [2.75, 3.05) is 12.3 Å². The molecule has 0 fully saturated rings. The van der Waals surface area contributed by atoms with E-state index in [-0.39, 0.29) is 5.97 Å². The highest BCUT2D eigenvalue weighted by atomic mass is 16.5. The Morgan fingerprint density at radius 3 is 2.67 bits per heavy atom. The second-order valence-corrected chi connectivity index (χ2v) is 4.08. The Balaban J connectivity index is 2.13. The van der Waals surface area contributed by atoms with Crippen LogP contribution in [0.2, 0.25) is 0 Å². The molecular weight excluding hydrogens is 228 g/mol. The molecule has 0 amide bonds. The number of hydrogen-bond acceptors (Lipinski definition) is 4. The summed E-state index contributed by atoms with van der Waals surface area (Å²) in [6.07, 6.45) is 3.09. The number of nitrogen functional groups attached to an aromatic ring is 1. The second-order valence-electron chi connectivity index (χ2n) is 4.08. The minimum Gasteiger partial charge on any atom is -0.466 e. The van der Waals surface area contributed by atoms with E-state index in [1.165, 1.54) is 0 Å². The van der Waals surface area contributed by atoms with Gasteiger partial charge in [-0.05, 0) is 37.0 Å². The van der Waals surface area contributed by atoms with Gasteiger partial charge in [0.25, 0.3) is 0 Å². The van der Waals surface area contributed by atoms with Gasteiger partial charge in [0.15, 0.2) is 0 Å². The summed E-state index contributed by atoms with van der Waals surface area (Å²) in [5.41, 5.74) is 7.37. The van der Waals surface area contributed by atoms with Gasteiger partial charge in [0, 0.05) is 18.5 Å². The maximum atomic E-state index is 11.4. The number of carbonyl (C=O) groups excluding carboxylic acids is 1. The number of esters is 1. The summed E-state index contributed by atoms with van der Waals surface area (Å²) in [4.78, 5) is 11.4. The molecule has 4 nitrogen and oxygen atoms in total. The molecule has 0 spiro atoms. The number of nitriles is 1. The number of anilines is 1. The van der Waals surface area contributed by atoms with Gasteiger partial charge in [0.2, 0.25) is 0 Å². The summed E-state index contributed by atoms with van der Waals surface area (Å²) in [5.74, 6) is -0.191. The molecule has 0 atom stereocenters. The van der Waals surface area contributed by atoms with Crippen LogP contribution < -0.4 is 5.73 Å². The number of nitrogens with two attached hydrogens (primary N) is 1. The van der Waals surface area contributed by atoms with E-state index in [1.807, 2.05) is 24.3 Å². The summed E-state index contributed by atoms with van der Waals surface area (Å²) in [6, 6.07) is 9.52. The van der Waals surface area contributed by atoms with Crippen molar-refractivity contribution in [2.24, 2.45) is 0 Å². The van der Waals surface area contributed by atoms with E-state index in [1.54, 1.807) is 0 Å². The van der Waals surface area contributed by atoms with Crippen molar-refractivity contribution < 1.29 is 9.53 Å². The second kappa shape index (κ2) is 8.13. The molecule has 0 aliphatic carbocycles. The van der Waals surface area contributed by atoms with Crippen molar-refractivity contribution in [3.05, 3.63) is 29.8 Å². The fourth-order valence-electron chi connectivity index (χ4n) is 1.49. The van der Waals surface area contributed by atoms with Gasteiger partial charge in [0.1, 0.15) is 0 Å². The van der Waals surface area contributed by atoms with Gasteiger partial charge >= 0.3 is 5.97 Å². The number of benzene rings is 1. The van der Waals surface area contributed by atoms with Gasteiger partial charge in [-0.1, -0.05) is 12.1 Å². The van der Waals surface area contributed by atoms with E-state index >= 15 is 0 Å². The van der Waals surface area contributed by atoms with E-state index in [9.17, 15) is 4.79 Å². The maximum absolute atomic E-state index is 11.4. The molecule has 0 saturated heterocycles. The quantitative estimate of drug-likeness (QED) is 0.455. The zero-order chi connectivity index (χ0) is 13.2. The van der Waals surface area contributed by atoms with E-state index in [0.717, 1.165) is 24.1 Å². The molecule has 0 unspecified atom stereocenters. The van der Waals surface area contributed by atoms with E-state index in [2.05, 4.69) is 6.07 Å². The van der Waals surface area contributed by atoms with E-state index in [4.69, 9.17) is 15.7 Å². The topological polar surface area (TPSA) is 76.1 Å². The minimum absolute atomic E-state index is 0.191. The standard InChI is InChI=1S/C14H18N2O2/c15-10-2-1-3-11-18-14(17)9-6-12-4-7-13(16)8-5-12/h4-5,7-8H,1-3,6,9,11,16H2. The number of ether oxygens (including phenoxy) is 1. The summed E-state index contributed by atoms with van der Waals surface area (Å²) < 4.78 is 5.06. The number of hydrogen-bond donors (Lipinski definition) is 1. The number of carbonyl (C=O) groups is 1. The summed E-state index contributed by atoms with van der Waals surface area (Å²) >= 11 is 0. The van der Waals surface area contributed by atoms with Crippen LogP contribution in [-0.4, -0.2) is 12.6 Å². The van der Waals surface area contributed by atoms with Crippen molar-refractivity contribution >= 4 is 11.7 Å². The highest BCUT2D eigenvalue weighted by molar-refractivity contribution is 5.69. The lowest BCUT2D eigenvalue weighted by Crippen LogP contribution is -2.07. The SMILES string of the molecule is N#CCCCCOC(=O)CCc1ccc(N)cc1. The Bertz CT molecular complexity index is 407. The smallest absolute Gasteiger partial charge is 0.306 e. The molecule has 0 aliphatic heterocycles. The molecule has 0 heterocycles. The summed E-state index contributed by atoms with van der Waals surface area (Å²) in [6.45, 7) is 0.405. The minimum atomic E-state index is -0.191. The molecule has 0 saturated carbocycles. The Kier molecular flexibility index (Phi) is 6.34. The molecule has 0 radical (unpaired) electrons. The first-order chi connectivity index (χ1) is 8.72. The average molecular weight is 246 g/mol. The zero-order valence-corrected chi connectivity index (χ0v) is 10.4. The van der Waals surface area contributed by atoms with Gasteiger partial charge in [-0.3, -0.25) is 4.79 Å². The predicted molar refractivity (Wildman–Crippen MR) is 69.6 cm³/mol. The highest BCUT2D eigenvalue weighted by Crippen LogP contribution is 2.08. The Hall–Kier alpha value is -2.02. The van der Waals surface area contributed by atoms with Crippen LogP contribution >= 0.6 is 0 Å². The van der Waals surface area contributed by atoms with Crippen LogP contribution in [0, 0.1) is 11.3 Å². The molecular formula is C14H18N2O2. The summed E-state index contributed by atoms with van der Waals surface area (Å²) in [5, 5.41) is 8.34. The molecule has 1 aromatic carbocycles. The van der Waals surface area contributed by atoms with Crippen LogP contribution in [0.4, 0.5) is 5.69 Å². The lowest BCUT2D eigenvalue weighted by molar-refractivity contribution is -0.143. The predicted octanol–water partition coefficient (Wildman–Crippen LogP) is 2.44. The number of unbranched alkanes of at least 4 members (excludes halogenated alkanes) is 2. The molecule has 1 rings (SSSR count). The zero-order valence-electron chi connectivity index (χ0n) is 10.4. The van der Waals surface area contributed by atoms with Crippen LogP contribution in [0.1, 0.15) is 31.2 Å². The van der Waals surface area contributed by atoms with Crippen molar-refractivity contribution in [3.63, 3.8) is 0 Å². The molecule has 1 aromatic rings. The molecule has 0 aliphatic rings. The van der Waals surface area contributed by atoms with Gasteiger partial charge in [-0.2, -0.15) is 5.26 Å². The largest absolute Gasteiger partial charge is 0.466 e. The molecule has 0 bridgehead atoms. The third kappa shape index (κ3) is 5.90. The van der Waals surface area contributed by atoms with Gasteiger partial charge < -0.3 is 10.5 Å². The number of aryl methyl sites for hydroxylation is 1. The highest BCUT2D eigenvalue weighted by Gasteiger charge is 2.03. The van der Waals surface area contributed by atoms with Crippen molar-refractivity contribution in [3.8, 4) is 6.07 Å². The number of rotatable bonds is 7. The van der Waals surface area contributed by atoms with Gasteiger partial charge in [-0.15, -0.1) is 0 Å². The van der Waals surface area contributed by atoms with E-state index in [0.29, 0.717) is 25.9 Å². The molecule has 2 N–H and O–H groups in total. The van der Waals surface area contributed by atoms with Crippen LogP contribution in [0.25, 0.3) is 0 Å². The van der Waals surface area contributed by atoms with Crippen LogP contribution in [0.3, 0.4) is 0 Å². The van der Waals surface area contributed by atoms with E-state index < -0.39 is 0 Å². The lowest BCUT2D eigenvalue weighted by atomic mass is 10.1. The summed E-state index contributed by atoms with van der Waals surface area (Å²) in [7, 11) is 0. The first kappa shape index (κ1) is 14.0. The number of nitrogens with zero attached hydrogens (tertiary/aromatic N) is 1. The first-order valence-corrected chi connectivity index (χ1v) is 6.09. The molecule has 96 valence electrons. The Morgan fingerprint density at radius 1 is 1.28 bits per heavy atom. The van der Waals surface area contributed by atoms with Gasteiger partial charge in [0.05, 0.1) is 12.7 Å². The van der Waals surface area contributed by atoms with Crippen molar-refractivity contribution in [1.82, 2.24) is 0 Å². The lowest BCUT2D eigenvalue weighted by Gasteiger charge is -2.04. The third-order valence-electron chi connectivity index (χ3n) is 2.54. The van der Waals surface area contributed by atoms with Gasteiger partial charge in [-0.25, -0.2) is 0 Å². The fourth-order valence-corrected chi connectivity index (χ4v) is 1.49. The average Bonchev–Trinajstić information content (AvgIpc) is 2.38. The monoisotopic (exact) mass is 246 g/mol. The normalized spacial score (nSPS) is 9.72. The molecule has 18 heavy (non-hydrogen) atoms. The third-order valence-corrected chi connectivity index (χ3v) is 2.54. The first-order valence-electron chi connectivity index (χ1n) is 6.09. The van der Waals surface area contributed by atoms with Crippen LogP contribution in [-0.2, 0) is 16.0 Å². The Labute approximate surface area is 107 Å². The van der Waals surface area contributed by atoms with Crippen molar-refractivity contribution in [2.45, 2.75) is 32.1 Å². The van der Waals surface area contributed by atoms with Crippen LogP contribution in [0.5, 0.6) is 0 Å². The molecule has 4 heteroatoms. The Morgan fingerprint density at radius 2 is 2.00 bits per heavy atom. The molecule has 0 aromatic heterocycles.